The van der Waals surface area contributed by atoms with E-state index >= 15 is 0 Å². The summed E-state index contributed by atoms with van der Waals surface area (Å²) in [5.74, 6) is 1.78. The Labute approximate surface area is 286 Å². The van der Waals surface area contributed by atoms with Crippen LogP contribution in [0, 0.1) is 0 Å². The lowest BCUT2D eigenvalue weighted by Crippen LogP contribution is -1.97. The van der Waals surface area contributed by atoms with Gasteiger partial charge in [-0.15, -0.1) is 0 Å². The molecule has 0 aliphatic carbocycles. The number of rotatable bonds is 2. The summed E-state index contributed by atoms with van der Waals surface area (Å²) in [7, 11) is 0. The van der Waals surface area contributed by atoms with Gasteiger partial charge >= 0.3 is 0 Å². The molecule has 0 spiro atoms. The van der Waals surface area contributed by atoms with Crippen LogP contribution < -0.4 is 4.74 Å². The molecular formula is C48H26O2. The lowest BCUT2D eigenvalue weighted by atomic mass is 9.86. The van der Waals surface area contributed by atoms with E-state index in [1.165, 1.54) is 59.8 Å². The van der Waals surface area contributed by atoms with Crippen molar-refractivity contribution in [3.63, 3.8) is 0 Å². The van der Waals surface area contributed by atoms with Gasteiger partial charge in [-0.2, -0.15) is 0 Å². The van der Waals surface area contributed by atoms with Gasteiger partial charge < -0.3 is 9.15 Å². The summed E-state index contributed by atoms with van der Waals surface area (Å²) in [5, 5.41) is 14.6. The zero-order valence-corrected chi connectivity index (χ0v) is 26.8. The molecule has 12 rings (SSSR count). The largest absolute Gasteiger partial charge is 0.456 e. The van der Waals surface area contributed by atoms with Crippen LogP contribution in [0.25, 0.3) is 109 Å². The lowest BCUT2D eigenvalue weighted by molar-refractivity contribution is 0.487. The molecule has 2 nitrogen and oxygen atoms in total. The van der Waals surface area contributed by atoms with Crippen LogP contribution in [0.15, 0.2) is 162 Å². The highest BCUT2D eigenvalue weighted by Gasteiger charge is 2.24. The fraction of sp³-hybridized carbons (Fsp3) is 0. The fourth-order valence-corrected chi connectivity index (χ4v) is 8.79. The second kappa shape index (κ2) is 9.49. The van der Waals surface area contributed by atoms with E-state index in [2.05, 4.69) is 146 Å². The van der Waals surface area contributed by atoms with Gasteiger partial charge in [-0.25, -0.2) is 0 Å². The third kappa shape index (κ3) is 3.42. The lowest BCUT2D eigenvalue weighted by Gasteiger charge is -2.22. The number of ether oxygens (including phenoxy) is 1. The van der Waals surface area contributed by atoms with Gasteiger partial charge in [0.1, 0.15) is 22.7 Å². The van der Waals surface area contributed by atoms with Gasteiger partial charge in [0.05, 0.1) is 0 Å². The van der Waals surface area contributed by atoms with Gasteiger partial charge in [0.2, 0.25) is 0 Å². The van der Waals surface area contributed by atoms with Crippen molar-refractivity contribution in [2.75, 3.05) is 0 Å². The Morgan fingerprint density at radius 1 is 0.300 bits per heavy atom. The molecule has 2 heteroatoms. The van der Waals surface area contributed by atoms with Crippen molar-refractivity contribution >= 4 is 75.8 Å². The molecule has 0 N–H and O–H groups in total. The number of furan rings is 1. The Hall–Kier alpha value is -6.64. The first-order valence-corrected chi connectivity index (χ1v) is 17.2. The number of benzene rings is 10. The van der Waals surface area contributed by atoms with E-state index in [0.29, 0.717) is 0 Å². The van der Waals surface area contributed by atoms with Gasteiger partial charge in [-0.05, 0) is 107 Å². The molecule has 2 heterocycles. The molecule has 0 saturated heterocycles. The molecule has 0 fully saturated rings. The van der Waals surface area contributed by atoms with Crippen LogP contribution in [0.3, 0.4) is 0 Å². The van der Waals surface area contributed by atoms with Crippen molar-refractivity contribution in [1.82, 2.24) is 0 Å². The second-order valence-corrected chi connectivity index (χ2v) is 13.6. The van der Waals surface area contributed by atoms with E-state index in [0.717, 1.165) is 60.9 Å². The zero-order chi connectivity index (χ0) is 32.5. The Kier molecular flexibility index (Phi) is 5.00. The fourth-order valence-electron chi connectivity index (χ4n) is 8.79. The summed E-state index contributed by atoms with van der Waals surface area (Å²) >= 11 is 0. The Bertz CT molecular complexity index is 3220. The predicted octanol–water partition coefficient (Wildman–Crippen LogP) is 13.9. The molecule has 50 heavy (non-hydrogen) atoms. The highest BCUT2D eigenvalue weighted by atomic mass is 16.5. The molecule has 1 aliphatic heterocycles. The van der Waals surface area contributed by atoms with E-state index in [-0.39, 0.29) is 0 Å². The maximum Gasteiger partial charge on any atom is 0.143 e. The molecule has 1 aliphatic rings. The second-order valence-electron chi connectivity index (χ2n) is 13.6. The van der Waals surface area contributed by atoms with Crippen molar-refractivity contribution in [2.45, 2.75) is 0 Å². The van der Waals surface area contributed by atoms with Crippen LogP contribution in [0.5, 0.6) is 11.5 Å². The van der Waals surface area contributed by atoms with Crippen LogP contribution in [0.4, 0.5) is 0 Å². The van der Waals surface area contributed by atoms with E-state index in [1.807, 2.05) is 12.1 Å². The highest BCUT2D eigenvalue weighted by molar-refractivity contribution is 6.28. The van der Waals surface area contributed by atoms with Crippen LogP contribution in [-0.4, -0.2) is 0 Å². The van der Waals surface area contributed by atoms with Gasteiger partial charge in [-0.1, -0.05) is 121 Å². The van der Waals surface area contributed by atoms with Crippen molar-refractivity contribution in [3.8, 4) is 44.9 Å². The molecule has 0 unspecified atom stereocenters. The molecule has 0 amide bonds. The van der Waals surface area contributed by atoms with Crippen molar-refractivity contribution in [1.29, 1.82) is 0 Å². The maximum atomic E-state index is 7.01. The van der Waals surface area contributed by atoms with Crippen LogP contribution >= 0.6 is 0 Å². The molecule has 10 aromatic carbocycles. The van der Waals surface area contributed by atoms with Crippen LogP contribution in [0.2, 0.25) is 0 Å². The maximum absolute atomic E-state index is 7.01. The molecular weight excluding hydrogens is 609 g/mol. The molecule has 1 aromatic heterocycles. The molecule has 0 bridgehead atoms. The number of para-hydroxylation sites is 1. The standard InChI is InChI=1S/C48H26O2/c1-2-8-31-26-43-40(25-30(31)7-1)47-38(32-19-17-29-16-15-27-9-5-10-28-18-20-37(32)45(29)44(27)28)21-22-39(48(47)50-43)33-23-24-42-46-35(33)12-6-13-36(46)34-11-3-4-14-41(34)49-42/h1-26H. The smallest absolute Gasteiger partial charge is 0.143 e. The average Bonchev–Trinajstić information content (AvgIpc) is 3.54. The molecule has 230 valence electrons. The minimum atomic E-state index is 0.885. The van der Waals surface area contributed by atoms with Gasteiger partial charge in [-0.3, -0.25) is 0 Å². The van der Waals surface area contributed by atoms with Crippen molar-refractivity contribution in [2.24, 2.45) is 0 Å². The highest BCUT2D eigenvalue weighted by Crippen LogP contribution is 2.51. The Balaban J connectivity index is 1.20. The number of hydrogen-bond acceptors (Lipinski definition) is 2. The van der Waals surface area contributed by atoms with E-state index < -0.39 is 0 Å². The minimum absolute atomic E-state index is 0.885. The summed E-state index contributed by atoms with van der Waals surface area (Å²) in [6.07, 6.45) is 0. The molecule has 0 atom stereocenters. The average molecular weight is 635 g/mol. The van der Waals surface area contributed by atoms with E-state index in [9.17, 15) is 0 Å². The van der Waals surface area contributed by atoms with Crippen LogP contribution in [-0.2, 0) is 0 Å². The normalized spacial score (nSPS) is 12.6. The third-order valence-corrected chi connectivity index (χ3v) is 11.0. The van der Waals surface area contributed by atoms with Gasteiger partial charge in [0.25, 0.3) is 0 Å². The first-order valence-electron chi connectivity index (χ1n) is 17.2. The van der Waals surface area contributed by atoms with Gasteiger partial charge in [0.15, 0.2) is 0 Å². The van der Waals surface area contributed by atoms with E-state index in [1.54, 1.807) is 0 Å². The third-order valence-electron chi connectivity index (χ3n) is 11.0. The van der Waals surface area contributed by atoms with Crippen LogP contribution in [0.1, 0.15) is 0 Å². The minimum Gasteiger partial charge on any atom is -0.456 e. The summed E-state index contributed by atoms with van der Waals surface area (Å²) in [5.41, 5.74) is 8.70. The predicted molar refractivity (Wildman–Crippen MR) is 209 cm³/mol. The zero-order valence-electron chi connectivity index (χ0n) is 26.8. The topological polar surface area (TPSA) is 22.4 Å². The summed E-state index contributed by atoms with van der Waals surface area (Å²) in [4.78, 5) is 0. The summed E-state index contributed by atoms with van der Waals surface area (Å²) in [6, 6.07) is 57.1. The van der Waals surface area contributed by atoms with Crippen molar-refractivity contribution < 1.29 is 9.15 Å². The Morgan fingerprint density at radius 3 is 1.80 bits per heavy atom. The molecule has 0 radical (unpaired) electrons. The van der Waals surface area contributed by atoms with Gasteiger partial charge in [0, 0.05) is 27.3 Å². The van der Waals surface area contributed by atoms with Crippen molar-refractivity contribution in [3.05, 3.63) is 158 Å². The monoisotopic (exact) mass is 634 g/mol. The Morgan fingerprint density at radius 2 is 0.900 bits per heavy atom. The first-order chi connectivity index (χ1) is 24.8. The quantitative estimate of drug-likeness (QED) is 0.177. The number of hydrogen-bond donors (Lipinski definition) is 0. The SMILES string of the molecule is c1ccc2c(c1)Oc1ccc(-c3ccc(-c4ccc5ccc6cccc7ccc4c5c67)c4c3oc3cc5ccccc5cc34)c3cccc-2c13. The molecule has 11 aromatic rings. The van der Waals surface area contributed by atoms with E-state index in [4.69, 9.17) is 9.15 Å². The number of fused-ring (bicyclic) bond motifs is 6. The first kappa shape index (κ1) is 26.3. The molecule has 0 saturated carbocycles. The summed E-state index contributed by atoms with van der Waals surface area (Å²) in [6.45, 7) is 0. The summed E-state index contributed by atoms with van der Waals surface area (Å²) < 4.78 is 13.5.